The maximum absolute atomic E-state index is 11.2. The third-order valence-corrected chi connectivity index (χ3v) is 2.08. The van der Waals surface area contributed by atoms with Crippen molar-refractivity contribution in [3.8, 4) is 0 Å². The fraction of sp³-hybridized carbons (Fsp3) is 0.889. The van der Waals surface area contributed by atoms with Crippen LogP contribution in [0.25, 0.3) is 0 Å². The van der Waals surface area contributed by atoms with Crippen molar-refractivity contribution in [2.45, 2.75) is 13.0 Å². The first-order chi connectivity index (χ1) is 5.92. The van der Waals surface area contributed by atoms with Gasteiger partial charge in [-0.05, 0) is 6.92 Å². The maximum atomic E-state index is 11.2. The largest absolute Gasteiger partial charge is 1.00 e. The van der Waals surface area contributed by atoms with Crippen LogP contribution in [0.5, 0.6) is 0 Å². The maximum Gasteiger partial charge on any atom is 0.410 e. The second kappa shape index (κ2) is 5.16. The first-order valence-corrected chi connectivity index (χ1v) is 4.68. The zero-order valence-electron chi connectivity index (χ0n) is 9.29. The van der Waals surface area contributed by atoms with E-state index in [0.717, 1.165) is 24.1 Å². The number of hydrogen-bond acceptors (Lipinski definition) is 2. The lowest BCUT2D eigenvalue weighted by Gasteiger charge is -2.25. The molecule has 0 saturated carbocycles. The number of ether oxygens (including phenoxy) is 1. The van der Waals surface area contributed by atoms with E-state index < -0.39 is 0 Å². The van der Waals surface area contributed by atoms with Gasteiger partial charge in [0.2, 0.25) is 0 Å². The molecule has 1 fully saturated rings. The SMILES string of the molecule is CCN1CC(C[N+](C)(C)C)OC1=O.[I-]. The molecule has 1 amide bonds. The fourth-order valence-electron chi connectivity index (χ4n) is 1.54. The van der Waals surface area contributed by atoms with Crippen molar-refractivity contribution in [1.82, 2.24) is 4.90 Å². The van der Waals surface area contributed by atoms with Gasteiger partial charge in [-0.1, -0.05) is 0 Å². The van der Waals surface area contributed by atoms with Crippen LogP contribution < -0.4 is 24.0 Å². The summed E-state index contributed by atoms with van der Waals surface area (Å²) in [6.45, 7) is 4.33. The molecule has 0 radical (unpaired) electrons. The fourth-order valence-corrected chi connectivity index (χ4v) is 1.54. The molecule has 1 saturated heterocycles. The van der Waals surface area contributed by atoms with E-state index in [4.69, 9.17) is 4.74 Å². The first-order valence-electron chi connectivity index (χ1n) is 4.68. The van der Waals surface area contributed by atoms with Gasteiger partial charge < -0.3 is 38.1 Å². The quantitative estimate of drug-likeness (QED) is 0.427. The summed E-state index contributed by atoms with van der Waals surface area (Å²) in [6.07, 6.45) is -0.103. The number of cyclic esters (lactones) is 1. The number of carbonyl (C=O) groups is 1. The summed E-state index contributed by atoms with van der Waals surface area (Å²) in [7, 11) is 6.30. The molecule has 1 unspecified atom stereocenters. The molecule has 5 heteroatoms. The molecule has 4 nitrogen and oxygen atoms in total. The lowest BCUT2D eigenvalue weighted by atomic mass is 10.3. The summed E-state index contributed by atoms with van der Waals surface area (Å²) < 4.78 is 6.04. The lowest BCUT2D eigenvalue weighted by Crippen LogP contribution is -3.00. The van der Waals surface area contributed by atoms with E-state index in [2.05, 4.69) is 21.1 Å². The van der Waals surface area contributed by atoms with E-state index in [1.54, 1.807) is 4.90 Å². The van der Waals surface area contributed by atoms with Gasteiger partial charge in [0.1, 0.15) is 6.54 Å². The molecule has 0 aromatic rings. The van der Waals surface area contributed by atoms with E-state index >= 15 is 0 Å². The molecule has 1 aliphatic heterocycles. The van der Waals surface area contributed by atoms with Crippen LogP contribution in [0, 0.1) is 0 Å². The standard InChI is InChI=1S/C9H19N2O2.HI/c1-5-10-6-8(13-9(10)12)7-11(2,3)4;/h8H,5-7H2,1-4H3;1H/q+1;/p-1. The number of hydrogen-bond donors (Lipinski definition) is 0. The second-order valence-corrected chi connectivity index (χ2v) is 4.52. The summed E-state index contributed by atoms with van der Waals surface area (Å²) >= 11 is 0. The van der Waals surface area contributed by atoms with Gasteiger partial charge in [0, 0.05) is 6.54 Å². The molecule has 0 bridgehead atoms. The summed E-state index contributed by atoms with van der Waals surface area (Å²) in [4.78, 5) is 12.9. The average Bonchev–Trinajstić information content (AvgIpc) is 2.26. The zero-order chi connectivity index (χ0) is 10.1. The molecule has 0 aromatic carbocycles. The molecule has 1 atom stereocenters. The third kappa shape index (κ3) is 4.00. The minimum atomic E-state index is -0.166. The Morgan fingerprint density at radius 2 is 2.07 bits per heavy atom. The Morgan fingerprint density at radius 3 is 2.43 bits per heavy atom. The second-order valence-electron chi connectivity index (χ2n) is 4.52. The number of halogens is 1. The van der Waals surface area contributed by atoms with Crippen molar-refractivity contribution in [2.75, 3.05) is 40.8 Å². The van der Waals surface area contributed by atoms with Gasteiger partial charge in [-0.2, -0.15) is 0 Å². The van der Waals surface area contributed by atoms with Crippen LogP contribution >= 0.6 is 0 Å². The average molecular weight is 314 g/mol. The monoisotopic (exact) mass is 314 g/mol. The molecule has 84 valence electrons. The van der Waals surface area contributed by atoms with Crippen LogP contribution in [-0.4, -0.2) is 62.4 Å². The number of nitrogens with zero attached hydrogens (tertiary/aromatic N) is 2. The molecule has 0 spiro atoms. The Kier molecular flexibility index (Phi) is 5.14. The molecule has 1 rings (SSSR count). The van der Waals surface area contributed by atoms with Crippen LogP contribution in [0.3, 0.4) is 0 Å². The normalized spacial score (nSPS) is 21.9. The van der Waals surface area contributed by atoms with Gasteiger partial charge in [0.15, 0.2) is 6.10 Å². The molecule has 0 aliphatic carbocycles. The van der Waals surface area contributed by atoms with E-state index in [9.17, 15) is 4.79 Å². The molecule has 1 heterocycles. The topological polar surface area (TPSA) is 29.5 Å². The number of quaternary nitrogens is 1. The van der Waals surface area contributed by atoms with Gasteiger partial charge in [0.05, 0.1) is 27.7 Å². The molecule has 0 N–H and O–H groups in total. The minimum Gasteiger partial charge on any atom is -1.00 e. The smallest absolute Gasteiger partial charge is 0.410 e. The van der Waals surface area contributed by atoms with Crippen LogP contribution in [0.1, 0.15) is 6.92 Å². The van der Waals surface area contributed by atoms with Gasteiger partial charge in [-0.25, -0.2) is 4.79 Å². The lowest BCUT2D eigenvalue weighted by molar-refractivity contribution is -0.873. The molecular weight excluding hydrogens is 295 g/mol. The van der Waals surface area contributed by atoms with Crippen LogP contribution in [-0.2, 0) is 4.74 Å². The van der Waals surface area contributed by atoms with E-state index in [1.165, 1.54) is 0 Å². The molecule has 1 aliphatic rings. The minimum absolute atomic E-state index is 0. The van der Waals surface area contributed by atoms with Crippen LogP contribution in [0.15, 0.2) is 0 Å². The molecular formula is C9H19IN2O2. The van der Waals surface area contributed by atoms with Crippen molar-refractivity contribution in [3.05, 3.63) is 0 Å². The Balaban J connectivity index is 0.00000169. The highest BCUT2D eigenvalue weighted by atomic mass is 127. The Morgan fingerprint density at radius 1 is 1.50 bits per heavy atom. The van der Waals surface area contributed by atoms with Gasteiger partial charge in [-0.15, -0.1) is 0 Å². The van der Waals surface area contributed by atoms with Crippen LogP contribution in [0.4, 0.5) is 4.79 Å². The summed E-state index contributed by atoms with van der Waals surface area (Å²) in [5.74, 6) is 0. The van der Waals surface area contributed by atoms with E-state index in [1.807, 2.05) is 6.92 Å². The Labute approximate surface area is 103 Å². The van der Waals surface area contributed by atoms with Crippen LogP contribution in [0.2, 0.25) is 0 Å². The van der Waals surface area contributed by atoms with Crippen molar-refractivity contribution in [1.29, 1.82) is 0 Å². The van der Waals surface area contributed by atoms with E-state index in [-0.39, 0.29) is 36.2 Å². The highest BCUT2D eigenvalue weighted by Crippen LogP contribution is 2.12. The predicted molar refractivity (Wildman–Crippen MR) is 50.4 cm³/mol. The Bertz CT molecular complexity index is 203. The number of carbonyl (C=O) groups excluding carboxylic acids is 1. The van der Waals surface area contributed by atoms with Crippen molar-refractivity contribution in [3.63, 3.8) is 0 Å². The van der Waals surface area contributed by atoms with Crippen molar-refractivity contribution >= 4 is 6.09 Å². The highest BCUT2D eigenvalue weighted by molar-refractivity contribution is 5.69. The number of rotatable bonds is 3. The van der Waals surface area contributed by atoms with Crippen molar-refractivity contribution < 1.29 is 38.0 Å². The predicted octanol–water partition coefficient (Wildman–Crippen LogP) is -2.46. The summed E-state index contributed by atoms with van der Waals surface area (Å²) in [5.41, 5.74) is 0. The highest BCUT2D eigenvalue weighted by Gasteiger charge is 2.33. The van der Waals surface area contributed by atoms with E-state index in [0.29, 0.717) is 0 Å². The van der Waals surface area contributed by atoms with Crippen molar-refractivity contribution in [2.24, 2.45) is 0 Å². The number of amides is 1. The summed E-state index contributed by atoms with van der Waals surface area (Å²) in [5, 5.41) is 0. The third-order valence-electron chi connectivity index (χ3n) is 2.08. The molecule has 14 heavy (non-hydrogen) atoms. The number of likely N-dealkylation sites (N-methyl/N-ethyl adjacent to an activating group) is 2. The zero-order valence-corrected chi connectivity index (χ0v) is 11.4. The van der Waals surface area contributed by atoms with Gasteiger partial charge in [0.25, 0.3) is 0 Å². The Hall–Kier alpha value is -0.0400. The summed E-state index contributed by atoms with van der Waals surface area (Å²) in [6, 6.07) is 0. The van der Waals surface area contributed by atoms with Gasteiger partial charge in [-0.3, -0.25) is 0 Å². The first kappa shape index (κ1) is 14.0. The van der Waals surface area contributed by atoms with Gasteiger partial charge >= 0.3 is 6.09 Å². The molecule has 0 aromatic heterocycles.